The summed E-state index contributed by atoms with van der Waals surface area (Å²) in [7, 11) is 0.912. The lowest BCUT2D eigenvalue weighted by Gasteiger charge is -2.16. The Morgan fingerprint density at radius 3 is 2.00 bits per heavy atom. The minimum Gasteiger partial charge on any atom is -0.465 e. The summed E-state index contributed by atoms with van der Waals surface area (Å²) in [5, 5.41) is 0. The second kappa shape index (κ2) is 6.18. The fraction of sp³-hybridized carbons (Fsp3) is 0.188. The molecule has 0 radical (unpaired) electrons. The number of carbonyl (C=O) groups is 1. The Labute approximate surface area is 132 Å². The monoisotopic (exact) mass is 348 g/mol. The molecule has 2 aromatic rings. The fourth-order valence-electron chi connectivity index (χ4n) is 2.22. The quantitative estimate of drug-likeness (QED) is 0.552. The number of hydrogen-bond donors (Lipinski definition) is 0. The molecule has 0 saturated heterocycles. The third-order valence-electron chi connectivity index (χ3n) is 3.27. The van der Waals surface area contributed by atoms with E-state index in [9.17, 15) is 31.1 Å². The molecular weight excluding hydrogens is 338 g/mol. The average Bonchev–Trinajstić information content (AvgIpc) is 2.52. The number of hydrogen-bond acceptors (Lipinski definition) is 2. The van der Waals surface area contributed by atoms with Crippen LogP contribution < -0.4 is 0 Å². The van der Waals surface area contributed by atoms with E-state index in [4.69, 9.17) is 0 Å². The van der Waals surface area contributed by atoms with Gasteiger partial charge in [0.1, 0.15) is 0 Å². The highest BCUT2D eigenvalue weighted by atomic mass is 19.4. The van der Waals surface area contributed by atoms with E-state index in [1.807, 2.05) is 0 Å². The predicted octanol–water partition coefficient (Wildman–Crippen LogP) is 5.18. The zero-order valence-corrected chi connectivity index (χ0v) is 12.1. The van der Waals surface area contributed by atoms with E-state index >= 15 is 0 Å². The number of rotatable bonds is 2. The molecule has 0 aliphatic heterocycles. The molecule has 2 rings (SSSR count). The van der Waals surface area contributed by atoms with Crippen LogP contribution in [0.1, 0.15) is 21.5 Å². The van der Waals surface area contributed by atoms with E-state index < -0.39 is 40.6 Å². The summed E-state index contributed by atoms with van der Waals surface area (Å²) in [6.45, 7) is 0. The van der Waals surface area contributed by atoms with Crippen molar-refractivity contribution in [2.24, 2.45) is 0 Å². The van der Waals surface area contributed by atoms with Gasteiger partial charge in [0, 0.05) is 0 Å². The Morgan fingerprint density at radius 2 is 1.46 bits per heavy atom. The Morgan fingerprint density at radius 1 is 0.875 bits per heavy atom. The van der Waals surface area contributed by atoms with Gasteiger partial charge in [-0.2, -0.15) is 26.3 Å². The molecule has 2 nitrogen and oxygen atoms in total. The van der Waals surface area contributed by atoms with Crippen LogP contribution in [0.15, 0.2) is 42.5 Å². The number of benzene rings is 2. The molecule has 8 heteroatoms. The smallest absolute Gasteiger partial charge is 0.417 e. The molecule has 0 spiro atoms. The minimum atomic E-state index is -4.92. The van der Waals surface area contributed by atoms with Gasteiger partial charge in [0.25, 0.3) is 0 Å². The molecule has 0 atom stereocenters. The molecule has 0 fully saturated rings. The molecule has 0 aliphatic carbocycles. The van der Waals surface area contributed by atoms with Crippen molar-refractivity contribution in [1.29, 1.82) is 0 Å². The van der Waals surface area contributed by atoms with Crippen molar-refractivity contribution in [3.8, 4) is 11.1 Å². The molecule has 0 N–H and O–H groups in total. The van der Waals surface area contributed by atoms with Gasteiger partial charge in [-0.3, -0.25) is 0 Å². The van der Waals surface area contributed by atoms with Gasteiger partial charge < -0.3 is 4.74 Å². The highest BCUT2D eigenvalue weighted by Crippen LogP contribution is 2.40. The van der Waals surface area contributed by atoms with Gasteiger partial charge in [-0.15, -0.1) is 0 Å². The highest BCUT2D eigenvalue weighted by molar-refractivity contribution is 5.92. The van der Waals surface area contributed by atoms with E-state index in [1.165, 1.54) is 6.07 Å². The lowest BCUT2D eigenvalue weighted by atomic mass is 9.95. The van der Waals surface area contributed by atoms with Crippen LogP contribution in [0.4, 0.5) is 26.3 Å². The van der Waals surface area contributed by atoms with Crippen molar-refractivity contribution >= 4 is 5.97 Å². The Kier molecular flexibility index (Phi) is 4.59. The maximum Gasteiger partial charge on any atom is 0.417 e. The largest absolute Gasteiger partial charge is 0.465 e. The lowest BCUT2D eigenvalue weighted by Crippen LogP contribution is -2.14. The van der Waals surface area contributed by atoms with Crippen LogP contribution in [-0.2, 0) is 17.1 Å². The number of ether oxygens (including phenoxy) is 1. The third-order valence-corrected chi connectivity index (χ3v) is 3.27. The fourth-order valence-corrected chi connectivity index (χ4v) is 2.22. The lowest BCUT2D eigenvalue weighted by molar-refractivity contribution is -0.138. The van der Waals surface area contributed by atoms with Crippen molar-refractivity contribution in [3.05, 3.63) is 59.2 Å². The van der Waals surface area contributed by atoms with Crippen molar-refractivity contribution < 1.29 is 35.9 Å². The predicted molar refractivity (Wildman–Crippen MR) is 73.2 cm³/mol. The molecule has 0 bridgehead atoms. The number of carbonyl (C=O) groups excluding carboxylic acids is 1. The first-order valence-electron chi connectivity index (χ1n) is 6.52. The van der Waals surface area contributed by atoms with Gasteiger partial charge in [-0.05, 0) is 29.3 Å². The van der Waals surface area contributed by atoms with Crippen LogP contribution in [0.3, 0.4) is 0 Å². The van der Waals surface area contributed by atoms with Gasteiger partial charge in [0.15, 0.2) is 0 Å². The maximum absolute atomic E-state index is 13.1. The van der Waals surface area contributed by atoms with Crippen molar-refractivity contribution in [2.45, 2.75) is 12.4 Å². The van der Waals surface area contributed by atoms with Gasteiger partial charge in [-0.1, -0.05) is 24.3 Å². The maximum atomic E-state index is 13.1. The molecule has 0 aromatic heterocycles. The van der Waals surface area contributed by atoms with Gasteiger partial charge in [0.05, 0.1) is 23.8 Å². The summed E-state index contributed by atoms with van der Waals surface area (Å²) in [6.07, 6.45) is -9.65. The van der Waals surface area contributed by atoms with Crippen LogP contribution in [0, 0.1) is 0 Å². The normalized spacial score (nSPS) is 12.1. The number of esters is 1. The molecule has 0 heterocycles. The first-order valence-corrected chi connectivity index (χ1v) is 6.52. The molecule has 0 aliphatic rings. The molecule has 128 valence electrons. The van der Waals surface area contributed by atoms with E-state index in [0.717, 1.165) is 37.4 Å². The zero-order chi connectivity index (χ0) is 18.1. The van der Waals surface area contributed by atoms with Crippen molar-refractivity contribution in [2.75, 3.05) is 7.11 Å². The summed E-state index contributed by atoms with van der Waals surface area (Å²) in [4.78, 5) is 11.5. The Bertz CT molecular complexity index is 762. The first-order chi connectivity index (χ1) is 11.1. The Hall–Kier alpha value is -2.51. The first kappa shape index (κ1) is 17.8. The number of methoxy groups -OCH3 is 1. The SMILES string of the molecule is COC(=O)c1ccc(-c2ccccc2C(F)(F)F)cc1C(F)(F)F. The highest BCUT2D eigenvalue weighted by Gasteiger charge is 2.37. The van der Waals surface area contributed by atoms with E-state index in [1.54, 1.807) is 0 Å². The number of halogens is 6. The van der Waals surface area contributed by atoms with E-state index in [2.05, 4.69) is 4.74 Å². The summed E-state index contributed by atoms with van der Waals surface area (Å²) in [5.41, 5.74) is -3.90. The van der Waals surface area contributed by atoms with E-state index in [0.29, 0.717) is 6.07 Å². The van der Waals surface area contributed by atoms with Crippen molar-refractivity contribution in [1.82, 2.24) is 0 Å². The zero-order valence-electron chi connectivity index (χ0n) is 12.1. The molecule has 0 saturated carbocycles. The van der Waals surface area contributed by atoms with Crippen LogP contribution >= 0.6 is 0 Å². The topological polar surface area (TPSA) is 26.3 Å². The molecular formula is C16H10F6O2. The summed E-state index contributed by atoms with van der Waals surface area (Å²) in [5.74, 6) is -1.22. The standard InChI is InChI=1S/C16H10F6O2/c1-24-14(23)11-7-6-9(8-13(11)16(20,21)22)10-4-2-3-5-12(10)15(17,18)19/h2-8H,1H3. The van der Waals surface area contributed by atoms with Crippen molar-refractivity contribution in [3.63, 3.8) is 0 Å². The third kappa shape index (κ3) is 3.52. The molecule has 24 heavy (non-hydrogen) atoms. The molecule has 0 amide bonds. The van der Waals surface area contributed by atoms with Gasteiger partial charge in [-0.25, -0.2) is 4.79 Å². The second-order valence-electron chi connectivity index (χ2n) is 4.79. The molecule has 0 unspecified atom stereocenters. The Balaban J connectivity index is 2.69. The van der Waals surface area contributed by atoms with Gasteiger partial charge >= 0.3 is 18.3 Å². The number of alkyl halides is 6. The molecule has 2 aromatic carbocycles. The summed E-state index contributed by atoms with van der Waals surface area (Å²) >= 11 is 0. The summed E-state index contributed by atoms with van der Waals surface area (Å²) < 4.78 is 82.8. The minimum absolute atomic E-state index is 0.303. The van der Waals surface area contributed by atoms with Gasteiger partial charge in [0.2, 0.25) is 0 Å². The second-order valence-corrected chi connectivity index (χ2v) is 4.79. The van der Waals surface area contributed by atoms with Crippen LogP contribution in [0.2, 0.25) is 0 Å². The average molecular weight is 348 g/mol. The van der Waals surface area contributed by atoms with Crippen LogP contribution in [0.25, 0.3) is 11.1 Å². The van der Waals surface area contributed by atoms with Crippen LogP contribution in [-0.4, -0.2) is 13.1 Å². The van der Waals surface area contributed by atoms with Crippen LogP contribution in [0.5, 0.6) is 0 Å². The summed E-state index contributed by atoms with van der Waals surface area (Å²) in [6, 6.07) is 6.60. The van der Waals surface area contributed by atoms with E-state index in [-0.39, 0.29) is 5.56 Å².